The van der Waals surface area contributed by atoms with Gasteiger partial charge in [0.25, 0.3) is 6.43 Å². The summed E-state index contributed by atoms with van der Waals surface area (Å²) in [7, 11) is -0.747. The number of piperidine rings is 1. The molecule has 0 spiro atoms. The number of nitrogens with one attached hydrogen (secondary N) is 1. The van der Waals surface area contributed by atoms with Crippen LogP contribution in [0.5, 0.6) is 0 Å². The Balaban J connectivity index is 2.62. The fourth-order valence-corrected chi connectivity index (χ4v) is 2.58. The van der Waals surface area contributed by atoms with Crippen molar-refractivity contribution in [2.24, 2.45) is 4.36 Å². The van der Waals surface area contributed by atoms with Crippen LogP contribution in [-0.4, -0.2) is 37.6 Å². The van der Waals surface area contributed by atoms with Crippen LogP contribution in [-0.2, 0) is 10.7 Å². The van der Waals surface area contributed by atoms with Crippen molar-refractivity contribution in [3.63, 3.8) is 0 Å². The molecule has 2 unspecified atom stereocenters. The van der Waals surface area contributed by atoms with Gasteiger partial charge in [-0.25, -0.2) is 19.5 Å². The summed E-state index contributed by atoms with van der Waals surface area (Å²) in [5.74, 6) is 0. The summed E-state index contributed by atoms with van der Waals surface area (Å²) in [4.78, 5) is 0. The van der Waals surface area contributed by atoms with Crippen molar-refractivity contribution in [1.29, 1.82) is 0 Å². The van der Waals surface area contributed by atoms with Crippen molar-refractivity contribution in [3.05, 3.63) is 0 Å². The lowest BCUT2D eigenvalue weighted by atomic mass is 10.00. The van der Waals surface area contributed by atoms with Gasteiger partial charge in [-0.15, -0.1) is 0 Å². The summed E-state index contributed by atoms with van der Waals surface area (Å²) in [6.07, 6.45) is 3.56. The predicted molar refractivity (Wildman–Crippen MR) is 55.2 cm³/mol. The van der Waals surface area contributed by atoms with Crippen LogP contribution in [0.2, 0.25) is 0 Å². The van der Waals surface area contributed by atoms with Gasteiger partial charge in [0.2, 0.25) is 0 Å². The van der Waals surface area contributed by atoms with Crippen LogP contribution in [0, 0.1) is 0 Å². The second kappa shape index (κ2) is 5.00. The summed E-state index contributed by atoms with van der Waals surface area (Å²) in [5, 5.41) is 2.85. The molecule has 1 aliphatic rings. The first-order chi connectivity index (χ1) is 6.11. The number of halogens is 2. The fourth-order valence-electron chi connectivity index (χ4n) is 1.63. The highest BCUT2D eigenvalue weighted by atomic mass is 32.2. The highest BCUT2D eigenvalue weighted by Crippen LogP contribution is 2.18. The molecule has 13 heavy (non-hydrogen) atoms. The maximum Gasteiger partial charge on any atom is 0.255 e. The molecule has 0 aromatic heterocycles. The molecule has 0 amide bonds. The van der Waals surface area contributed by atoms with E-state index in [2.05, 4.69) is 9.68 Å². The molecule has 0 radical (unpaired) electrons. The number of hydrogen-bond donors (Lipinski definition) is 1. The normalized spacial score (nSPS) is 30.4. The quantitative estimate of drug-likeness (QED) is 0.722. The lowest BCUT2D eigenvalue weighted by Gasteiger charge is -2.29. The first-order valence-electron chi connectivity index (χ1n) is 4.64. The second-order valence-electron chi connectivity index (χ2n) is 3.60. The van der Waals surface area contributed by atoms with E-state index < -0.39 is 23.2 Å². The van der Waals surface area contributed by atoms with Crippen LogP contribution in [0.15, 0.2) is 4.36 Å². The molecule has 0 aromatic carbocycles. The molecular weight excluding hydrogens is 194 g/mol. The first-order valence-corrected chi connectivity index (χ1v) is 7.08. The molecule has 0 bridgehead atoms. The van der Waals surface area contributed by atoms with Gasteiger partial charge in [0.05, 0.1) is 12.1 Å². The van der Waals surface area contributed by atoms with Crippen molar-refractivity contribution < 1.29 is 8.78 Å². The topological polar surface area (TPSA) is 24.4 Å². The van der Waals surface area contributed by atoms with Crippen LogP contribution >= 0.6 is 0 Å². The molecule has 1 saturated heterocycles. The van der Waals surface area contributed by atoms with E-state index in [9.17, 15) is 8.78 Å². The standard InChI is InChI=1S/C8H18F2N2S/c1-13(2)12-6-4-3-5-11-7(6)8(9)10/h6-8,11H,3-5,13H2,1-2H3. The molecule has 1 N–H and O–H groups in total. The number of alkyl halides is 2. The van der Waals surface area contributed by atoms with Gasteiger partial charge in [-0.3, -0.25) is 4.36 Å². The van der Waals surface area contributed by atoms with E-state index in [0.717, 1.165) is 12.8 Å². The minimum Gasteiger partial charge on any atom is -0.307 e. The van der Waals surface area contributed by atoms with Crippen molar-refractivity contribution in [3.8, 4) is 0 Å². The fraction of sp³-hybridized carbons (Fsp3) is 1.00. The van der Waals surface area contributed by atoms with Crippen LogP contribution in [0.25, 0.3) is 0 Å². The lowest BCUT2D eigenvalue weighted by molar-refractivity contribution is 0.0760. The third-order valence-corrected chi connectivity index (χ3v) is 3.01. The summed E-state index contributed by atoms with van der Waals surface area (Å²) >= 11 is 0. The Bertz CT molecular complexity index is 193. The SMILES string of the molecule is C[SH2](C)=NC1CCCNC1C(F)F. The van der Waals surface area contributed by atoms with Crippen LogP contribution in [0.3, 0.4) is 0 Å². The average Bonchev–Trinajstić information content (AvgIpc) is 2.03. The third kappa shape index (κ3) is 3.31. The maximum absolute atomic E-state index is 12.5. The van der Waals surface area contributed by atoms with Gasteiger partial charge in [0.15, 0.2) is 0 Å². The van der Waals surface area contributed by atoms with Crippen LogP contribution < -0.4 is 5.32 Å². The Labute approximate surface area is 80.2 Å². The largest absolute Gasteiger partial charge is 0.307 e. The maximum atomic E-state index is 12.5. The minimum absolute atomic E-state index is 0.155. The molecule has 5 heteroatoms. The number of nitrogens with zero attached hydrogens (tertiary/aromatic N) is 1. The van der Waals surface area contributed by atoms with Crippen LogP contribution in [0.4, 0.5) is 8.78 Å². The molecule has 0 saturated carbocycles. The zero-order chi connectivity index (χ0) is 9.84. The summed E-state index contributed by atoms with van der Waals surface area (Å²) < 4.78 is 29.4. The van der Waals surface area contributed by atoms with Gasteiger partial charge >= 0.3 is 0 Å². The number of rotatable bonds is 2. The second-order valence-corrected chi connectivity index (χ2v) is 5.75. The van der Waals surface area contributed by atoms with Crippen LogP contribution in [0.1, 0.15) is 12.8 Å². The van der Waals surface area contributed by atoms with Gasteiger partial charge in [-0.2, -0.15) is 0 Å². The summed E-state index contributed by atoms with van der Waals surface area (Å²) in [6.45, 7) is 0.705. The zero-order valence-electron chi connectivity index (χ0n) is 8.06. The molecule has 1 rings (SSSR count). The summed E-state index contributed by atoms with van der Waals surface area (Å²) in [5.41, 5.74) is 0. The Morgan fingerprint density at radius 1 is 1.46 bits per heavy atom. The van der Waals surface area contributed by atoms with E-state index in [1.165, 1.54) is 0 Å². The minimum atomic E-state index is -2.28. The smallest absolute Gasteiger partial charge is 0.255 e. The Morgan fingerprint density at radius 3 is 2.69 bits per heavy atom. The van der Waals surface area contributed by atoms with E-state index in [0.29, 0.717) is 6.54 Å². The van der Waals surface area contributed by atoms with E-state index in [1.54, 1.807) is 0 Å². The molecule has 2 atom stereocenters. The molecule has 1 fully saturated rings. The molecule has 2 nitrogen and oxygen atoms in total. The summed E-state index contributed by atoms with van der Waals surface area (Å²) in [6, 6.07) is -0.855. The average molecular weight is 212 g/mol. The predicted octanol–water partition coefficient (Wildman–Crippen LogP) is 0.898. The van der Waals surface area contributed by atoms with E-state index >= 15 is 0 Å². The van der Waals surface area contributed by atoms with Gasteiger partial charge < -0.3 is 5.32 Å². The number of hydrogen-bond acceptors (Lipinski definition) is 2. The highest BCUT2D eigenvalue weighted by Gasteiger charge is 2.31. The molecule has 80 valence electrons. The van der Waals surface area contributed by atoms with Crippen molar-refractivity contribution >= 4 is 10.7 Å². The van der Waals surface area contributed by atoms with E-state index in [1.807, 2.05) is 12.5 Å². The Kier molecular flexibility index (Phi) is 4.25. The van der Waals surface area contributed by atoms with Gasteiger partial charge in [-0.1, -0.05) is 0 Å². The van der Waals surface area contributed by atoms with Crippen molar-refractivity contribution in [2.45, 2.75) is 31.4 Å². The lowest BCUT2D eigenvalue weighted by Crippen LogP contribution is -2.48. The van der Waals surface area contributed by atoms with E-state index in [-0.39, 0.29) is 6.04 Å². The highest BCUT2D eigenvalue weighted by molar-refractivity contribution is 7.85. The van der Waals surface area contributed by atoms with Gasteiger partial charge in [-0.05, 0) is 31.9 Å². The molecule has 0 aliphatic carbocycles. The van der Waals surface area contributed by atoms with Crippen molar-refractivity contribution in [1.82, 2.24) is 5.32 Å². The molecule has 1 aliphatic heterocycles. The first kappa shape index (κ1) is 11.0. The zero-order valence-corrected chi connectivity index (χ0v) is 9.06. The Hall–Kier alpha value is -0.0300. The van der Waals surface area contributed by atoms with Crippen molar-refractivity contribution in [2.75, 3.05) is 19.1 Å². The van der Waals surface area contributed by atoms with Gasteiger partial charge in [0, 0.05) is 0 Å². The molecular formula is C8H18F2N2S. The van der Waals surface area contributed by atoms with Gasteiger partial charge in [0.1, 0.15) is 0 Å². The molecule has 0 aromatic rings. The Morgan fingerprint density at radius 2 is 2.15 bits per heavy atom. The molecule has 1 heterocycles. The third-order valence-electron chi connectivity index (χ3n) is 2.17. The monoisotopic (exact) mass is 212 g/mol. The van der Waals surface area contributed by atoms with E-state index in [4.69, 9.17) is 0 Å².